The van der Waals surface area contributed by atoms with Gasteiger partial charge in [0.2, 0.25) is 0 Å². The molecule has 0 spiro atoms. The maximum Gasteiger partial charge on any atom is 0.0900 e. The first-order valence-corrected chi connectivity index (χ1v) is 7.72. The Hall–Kier alpha value is -1.19. The molecule has 100 valence electrons. The molecule has 1 aromatic carbocycles. The summed E-state index contributed by atoms with van der Waals surface area (Å²) in [5.74, 6) is 0.688. The average molecular weight is 272 g/mol. The number of fused-ring (bicyclic) bond motifs is 1. The Morgan fingerprint density at radius 2 is 2.16 bits per heavy atom. The standard InChI is InChI=1S/C16H20N2S/c1-10(16-11(2)18-12(3)19-16)17-9-14-8-13-6-4-5-7-15(13)14/h4-7,10,14,17H,8-9H2,1-3H3. The van der Waals surface area contributed by atoms with Gasteiger partial charge in [0, 0.05) is 23.4 Å². The topological polar surface area (TPSA) is 24.9 Å². The molecule has 1 aliphatic rings. The lowest BCUT2D eigenvalue weighted by atomic mass is 9.77. The summed E-state index contributed by atoms with van der Waals surface area (Å²) in [5, 5.41) is 4.83. The van der Waals surface area contributed by atoms with E-state index in [1.54, 1.807) is 0 Å². The number of thiazole rings is 1. The number of hydrogen-bond donors (Lipinski definition) is 1. The van der Waals surface area contributed by atoms with Crippen LogP contribution < -0.4 is 5.32 Å². The molecule has 2 aromatic rings. The van der Waals surface area contributed by atoms with Crippen LogP contribution in [-0.2, 0) is 6.42 Å². The van der Waals surface area contributed by atoms with Gasteiger partial charge in [0.1, 0.15) is 0 Å². The van der Waals surface area contributed by atoms with Crippen molar-refractivity contribution in [2.24, 2.45) is 0 Å². The Balaban J connectivity index is 1.61. The van der Waals surface area contributed by atoms with Gasteiger partial charge < -0.3 is 5.32 Å². The van der Waals surface area contributed by atoms with Crippen molar-refractivity contribution in [1.82, 2.24) is 10.3 Å². The van der Waals surface area contributed by atoms with Gasteiger partial charge in [0.15, 0.2) is 0 Å². The number of aryl methyl sites for hydroxylation is 2. The molecule has 0 saturated heterocycles. The van der Waals surface area contributed by atoms with Gasteiger partial charge in [0.25, 0.3) is 0 Å². The summed E-state index contributed by atoms with van der Waals surface area (Å²) >= 11 is 1.81. The largest absolute Gasteiger partial charge is 0.309 e. The molecule has 0 amide bonds. The van der Waals surface area contributed by atoms with Crippen LogP contribution in [0.25, 0.3) is 0 Å². The molecule has 1 aromatic heterocycles. The molecular weight excluding hydrogens is 252 g/mol. The van der Waals surface area contributed by atoms with Crippen LogP contribution in [0.5, 0.6) is 0 Å². The van der Waals surface area contributed by atoms with E-state index in [-0.39, 0.29) is 0 Å². The fourth-order valence-corrected chi connectivity index (χ4v) is 3.86. The number of nitrogens with zero attached hydrogens (tertiary/aromatic N) is 1. The molecule has 1 aliphatic carbocycles. The molecule has 0 fully saturated rings. The number of hydrogen-bond acceptors (Lipinski definition) is 3. The molecule has 0 saturated carbocycles. The minimum Gasteiger partial charge on any atom is -0.309 e. The summed E-state index contributed by atoms with van der Waals surface area (Å²) < 4.78 is 0. The van der Waals surface area contributed by atoms with E-state index in [0.717, 1.165) is 11.6 Å². The van der Waals surface area contributed by atoms with E-state index in [2.05, 4.69) is 55.3 Å². The highest BCUT2D eigenvalue weighted by molar-refractivity contribution is 7.11. The molecular formula is C16H20N2S. The summed E-state index contributed by atoms with van der Waals surface area (Å²) in [6.45, 7) is 7.49. The van der Waals surface area contributed by atoms with E-state index in [1.165, 1.54) is 28.1 Å². The third-order valence-corrected chi connectivity index (χ3v) is 5.22. The molecule has 2 nitrogen and oxygen atoms in total. The van der Waals surface area contributed by atoms with E-state index < -0.39 is 0 Å². The quantitative estimate of drug-likeness (QED) is 0.917. The molecule has 1 N–H and O–H groups in total. The van der Waals surface area contributed by atoms with Gasteiger partial charge in [-0.1, -0.05) is 24.3 Å². The van der Waals surface area contributed by atoms with Crippen LogP contribution in [0.15, 0.2) is 24.3 Å². The first-order chi connectivity index (χ1) is 9.15. The third-order valence-electron chi connectivity index (χ3n) is 3.96. The highest BCUT2D eigenvalue weighted by Crippen LogP contribution is 2.34. The second kappa shape index (κ2) is 5.06. The van der Waals surface area contributed by atoms with Crippen LogP contribution in [0, 0.1) is 13.8 Å². The van der Waals surface area contributed by atoms with Crippen molar-refractivity contribution in [3.05, 3.63) is 51.0 Å². The van der Waals surface area contributed by atoms with Crippen LogP contribution in [0.2, 0.25) is 0 Å². The predicted molar refractivity (Wildman–Crippen MR) is 80.9 cm³/mol. The van der Waals surface area contributed by atoms with E-state index in [1.807, 2.05) is 11.3 Å². The van der Waals surface area contributed by atoms with Gasteiger partial charge in [0.05, 0.1) is 10.7 Å². The zero-order valence-corrected chi connectivity index (χ0v) is 12.6. The molecule has 0 aliphatic heterocycles. The molecule has 2 unspecified atom stereocenters. The second-order valence-electron chi connectivity index (χ2n) is 5.41. The zero-order valence-electron chi connectivity index (χ0n) is 11.7. The fraction of sp³-hybridized carbons (Fsp3) is 0.438. The Morgan fingerprint density at radius 3 is 2.84 bits per heavy atom. The lowest BCUT2D eigenvalue weighted by Crippen LogP contribution is -2.30. The van der Waals surface area contributed by atoms with E-state index in [4.69, 9.17) is 0 Å². The van der Waals surface area contributed by atoms with Crippen molar-refractivity contribution in [3.8, 4) is 0 Å². The van der Waals surface area contributed by atoms with Crippen molar-refractivity contribution in [2.75, 3.05) is 6.54 Å². The van der Waals surface area contributed by atoms with Gasteiger partial charge >= 0.3 is 0 Å². The Labute approximate surface area is 118 Å². The number of nitrogens with one attached hydrogen (secondary N) is 1. The smallest absolute Gasteiger partial charge is 0.0900 e. The van der Waals surface area contributed by atoms with E-state index in [0.29, 0.717) is 12.0 Å². The van der Waals surface area contributed by atoms with Gasteiger partial charge in [-0.25, -0.2) is 4.98 Å². The summed E-state index contributed by atoms with van der Waals surface area (Å²) in [7, 11) is 0. The highest BCUT2D eigenvalue weighted by atomic mass is 32.1. The van der Waals surface area contributed by atoms with Crippen LogP contribution in [-0.4, -0.2) is 11.5 Å². The van der Waals surface area contributed by atoms with Crippen LogP contribution in [0.1, 0.15) is 45.6 Å². The monoisotopic (exact) mass is 272 g/mol. The summed E-state index contributed by atoms with van der Waals surface area (Å²) in [4.78, 5) is 5.89. The Kier molecular flexibility index (Phi) is 3.42. The first-order valence-electron chi connectivity index (χ1n) is 6.90. The van der Waals surface area contributed by atoms with Crippen molar-refractivity contribution in [1.29, 1.82) is 0 Å². The Bertz CT molecular complexity index is 588. The van der Waals surface area contributed by atoms with Crippen LogP contribution >= 0.6 is 11.3 Å². The fourth-order valence-electron chi connectivity index (χ4n) is 2.91. The van der Waals surface area contributed by atoms with Crippen molar-refractivity contribution in [2.45, 2.75) is 39.2 Å². The zero-order chi connectivity index (χ0) is 13.4. The van der Waals surface area contributed by atoms with Crippen LogP contribution in [0.4, 0.5) is 0 Å². The van der Waals surface area contributed by atoms with E-state index >= 15 is 0 Å². The van der Waals surface area contributed by atoms with Crippen molar-refractivity contribution >= 4 is 11.3 Å². The summed E-state index contributed by atoms with van der Waals surface area (Å²) in [6.07, 6.45) is 1.22. The molecule has 3 heteroatoms. The maximum absolute atomic E-state index is 4.51. The third kappa shape index (κ3) is 2.45. The average Bonchev–Trinajstić information content (AvgIpc) is 2.69. The lowest BCUT2D eigenvalue weighted by molar-refractivity contribution is 0.491. The predicted octanol–water partition coefficient (Wildman–Crippen LogP) is 3.75. The van der Waals surface area contributed by atoms with Gasteiger partial charge in [-0.05, 0) is 38.3 Å². The van der Waals surface area contributed by atoms with Gasteiger partial charge in [-0.2, -0.15) is 0 Å². The molecule has 0 bridgehead atoms. The number of aromatic nitrogens is 1. The molecule has 2 atom stereocenters. The van der Waals surface area contributed by atoms with Crippen LogP contribution in [0.3, 0.4) is 0 Å². The summed E-state index contributed by atoms with van der Waals surface area (Å²) in [5.41, 5.74) is 4.22. The maximum atomic E-state index is 4.51. The Morgan fingerprint density at radius 1 is 1.37 bits per heavy atom. The minimum absolute atomic E-state index is 0.402. The molecule has 1 heterocycles. The highest BCUT2D eigenvalue weighted by Gasteiger charge is 2.25. The second-order valence-corrected chi connectivity index (χ2v) is 6.65. The van der Waals surface area contributed by atoms with Gasteiger partial charge in [-0.3, -0.25) is 0 Å². The van der Waals surface area contributed by atoms with Gasteiger partial charge in [-0.15, -0.1) is 11.3 Å². The lowest BCUT2D eigenvalue weighted by Gasteiger charge is -2.31. The minimum atomic E-state index is 0.402. The molecule has 19 heavy (non-hydrogen) atoms. The first kappa shape index (κ1) is 12.8. The molecule has 0 radical (unpaired) electrons. The van der Waals surface area contributed by atoms with E-state index in [9.17, 15) is 0 Å². The summed E-state index contributed by atoms with van der Waals surface area (Å²) in [6, 6.07) is 9.18. The van der Waals surface area contributed by atoms with Crippen molar-refractivity contribution in [3.63, 3.8) is 0 Å². The number of rotatable bonds is 4. The van der Waals surface area contributed by atoms with Crippen molar-refractivity contribution < 1.29 is 0 Å². The SMILES string of the molecule is Cc1nc(C)c(C(C)NCC2Cc3ccccc32)s1. The molecule has 3 rings (SSSR count). The normalized spacial score (nSPS) is 18.8. The number of benzene rings is 1.